The Morgan fingerprint density at radius 2 is 1.61 bits per heavy atom. The van der Waals surface area contributed by atoms with E-state index in [2.05, 4.69) is 5.32 Å². The molecule has 0 saturated carbocycles. The highest BCUT2D eigenvalue weighted by atomic mass is 32.2. The Morgan fingerprint density at radius 1 is 1.00 bits per heavy atom. The summed E-state index contributed by atoms with van der Waals surface area (Å²) in [5.74, 6) is -0.937. The fraction of sp³-hybridized carbons (Fsp3) is 0.300. The summed E-state index contributed by atoms with van der Waals surface area (Å²) in [6.45, 7) is 3.64. The first-order chi connectivity index (χ1) is 13.2. The Hall–Kier alpha value is -2.87. The van der Waals surface area contributed by atoms with Crippen LogP contribution >= 0.6 is 0 Å². The standard InChI is InChI=1S/C20H24N2O5S/c1-4-15-6-12-18(13-7-15)22(28(3,25)26)14-19(23)21-17-10-8-16(9-11-17)20(24)27-5-2/h6-13H,4-5,14H2,1-3H3,(H,21,23). The van der Waals surface area contributed by atoms with Crippen LogP contribution in [-0.4, -0.2) is 39.7 Å². The summed E-state index contributed by atoms with van der Waals surface area (Å²) in [7, 11) is -3.64. The average Bonchev–Trinajstić information content (AvgIpc) is 2.66. The van der Waals surface area contributed by atoms with Gasteiger partial charge in [-0.25, -0.2) is 13.2 Å². The van der Waals surface area contributed by atoms with E-state index in [1.165, 1.54) is 12.1 Å². The van der Waals surface area contributed by atoms with Gasteiger partial charge in [0.15, 0.2) is 0 Å². The van der Waals surface area contributed by atoms with Gasteiger partial charge in [0.05, 0.1) is 24.1 Å². The maximum atomic E-state index is 12.4. The quantitative estimate of drug-likeness (QED) is 0.683. The van der Waals surface area contributed by atoms with Gasteiger partial charge >= 0.3 is 5.97 Å². The van der Waals surface area contributed by atoms with E-state index in [4.69, 9.17) is 4.74 Å². The highest BCUT2D eigenvalue weighted by Gasteiger charge is 2.21. The van der Waals surface area contributed by atoms with Crippen molar-refractivity contribution in [2.45, 2.75) is 20.3 Å². The van der Waals surface area contributed by atoms with E-state index in [0.717, 1.165) is 22.5 Å². The molecule has 1 amide bonds. The van der Waals surface area contributed by atoms with Crippen molar-refractivity contribution in [2.24, 2.45) is 0 Å². The monoisotopic (exact) mass is 404 g/mol. The lowest BCUT2D eigenvalue weighted by atomic mass is 10.1. The molecule has 7 nitrogen and oxygen atoms in total. The highest BCUT2D eigenvalue weighted by Crippen LogP contribution is 2.19. The van der Waals surface area contributed by atoms with Crippen LogP contribution in [-0.2, 0) is 26.0 Å². The third-order valence-corrected chi connectivity index (χ3v) is 5.14. The number of benzene rings is 2. The second-order valence-electron chi connectivity index (χ2n) is 6.14. The Labute approximate surface area is 165 Å². The number of aryl methyl sites for hydroxylation is 1. The average molecular weight is 404 g/mol. The summed E-state index contributed by atoms with van der Waals surface area (Å²) in [6, 6.07) is 13.2. The lowest BCUT2D eigenvalue weighted by molar-refractivity contribution is -0.114. The molecule has 0 saturated heterocycles. The number of carbonyl (C=O) groups excluding carboxylic acids is 2. The molecule has 0 heterocycles. The topological polar surface area (TPSA) is 92.8 Å². The molecule has 1 N–H and O–H groups in total. The first-order valence-corrected chi connectivity index (χ1v) is 10.7. The summed E-state index contributed by atoms with van der Waals surface area (Å²) >= 11 is 0. The number of anilines is 2. The molecule has 2 aromatic carbocycles. The van der Waals surface area contributed by atoms with Gasteiger partial charge in [0.2, 0.25) is 15.9 Å². The zero-order chi connectivity index (χ0) is 20.7. The van der Waals surface area contributed by atoms with Gasteiger partial charge in [0.25, 0.3) is 0 Å². The Bertz CT molecular complexity index is 922. The molecule has 0 radical (unpaired) electrons. The van der Waals surface area contributed by atoms with E-state index >= 15 is 0 Å². The van der Waals surface area contributed by atoms with Crippen molar-refractivity contribution < 1.29 is 22.7 Å². The second-order valence-corrected chi connectivity index (χ2v) is 8.04. The molecule has 0 fully saturated rings. The summed E-state index contributed by atoms with van der Waals surface area (Å²) in [6.07, 6.45) is 1.89. The Kier molecular flexibility index (Phi) is 7.17. The van der Waals surface area contributed by atoms with Crippen molar-refractivity contribution in [1.29, 1.82) is 0 Å². The number of amides is 1. The fourth-order valence-corrected chi connectivity index (χ4v) is 3.39. The molecule has 0 aliphatic rings. The maximum Gasteiger partial charge on any atom is 0.338 e. The van der Waals surface area contributed by atoms with Gasteiger partial charge in [-0.05, 0) is 55.3 Å². The fourth-order valence-electron chi connectivity index (χ4n) is 2.53. The van der Waals surface area contributed by atoms with Crippen LogP contribution in [0.15, 0.2) is 48.5 Å². The van der Waals surface area contributed by atoms with Crippen molar-refractivity contribution >= 4 is 33.3 Å². The normalized spacial score (nSPS) is 11.0. The molecule has 8 heteroatoms. The maximum absolute atomic E-state index is 12.4. The van der Waals surface area contributed by atoms with Crippen LogP contribution in [0.4, 0.5) is 11.4 Å². The first-order valence-electron chi connectivity index (χ1n) is 8.88. The number of carbonyl (C=O) groups is 2. The van der Waals surface area contributed by atoms with E-state index in [1.54, 1.807) is 31.2 Å². The predicted octanol–water partition coefficient (Wildman–Crippen LogP) is 2.83. The molecular formula is C20H24N2O5S. The van der Waals surface area contributed by atoms with E-state index in [0.29, 0.717) is 16.9 Å². The molecular weight excluding hydrogens is 380 g/mol. The van der Waals surface area contributed by atoms with Gasteiger partial charge in [0, 0.05) is 5.69 Å². The van der Waals surface area contributed by atoms with Crippen molar-refractivity contribution in [1.82, 2.24) is 0 Å². The van der Waals surface area contributed by atoms with E-state index in [-0.39, 0.29) is 13.2 Å². The van der Waals surface area contributed by atoms with Crippen LogP contribution in [0.1, 0.15) is 29.8 Å². The van der Waals surface area contributed by atoms with Crippen LogP contribution in [0.2, 0.25) is 0 Å². The van der Waals surface area contributed by atoms with Crippen molar-refractivity contribution in [2.75, 3.05) is 29.0 Å². The van der Waals surface area contributed by atoms with Gasteiger partial charge in [-0.15, -0.1) is 0 Å². The molecule has 0 atom stereocenters. The zero-order valence-electron chi connectivity index (χ0n) is 16.1. The molecule has 0 aliphatic heterocycles. The molecule has 28 heavy (non-hydrogen) atoms. The molecule has 150 valence electrons. The third kappa shape index (κ3) is 5.82. The molecule has 0 aliphatic carbocycles. The number of rotatable bonds is 8. The van der Waals surface area contributed by atoms with E-state index in [9.17, 15) is 18.0 Å². The lowest BCUT2D eigenvalue weighted by Gasteiger charge is -2.22. The molecule has 0 unspecified atom stereocenters. The second kappa shape index (κ2) is 9.36. The number of esters is 1. The number of nitrogens with zero attached hydrogens (tertiary/aromatic N) is 1. The van der Waals surface area contributed by atoms with Crippen molar-refractivity contribution in [3.8, 4) is 0 Å². The molecule has 0 aromatic heterocycles. The Balaban J connectivity index is 2.10. The number of hydrogen-bond acceptors (Lipinski definition) is 5. The van der Waals surface area contributed by atoms with Crippen LogP contribution in [0.3, 0.4) is 0 Å². The van der Waals surface area contributed by atoms with E-state index < -0.39 is 21.9 Å². The minimum absolute atomic E-state index is 0.276. The van der Waals surface area contributed by atoms with Gasteiger partial charge in [-0.1, -0.05) is 19.1 Å². The number of sulfonamides is 1. The largest absolute Gasteiger partial charge is 0.462 e. The van der Waals surface area contributed by atoms with Crippen LogP contribution in [0.25, 0.3) is 0 Å². The molecule has 0 bridgehead atoms. The summed E-state index contributed by atoms with van der Waals surface area (Å²) in [5.41, 5.74) is 2.32. The number of nitrogens with one attached hydrogen (secondary N) is 1. The lowest BCUT2D eigenvalue weighted by Crippen LogP contribution is -2.37. The number of hydrogen-bond donors (Lipinski definition) is 1. The van der Waals surface area contributed by atoms with Crippen LogP contribution in [0.5, 0.6) is 0 Å². The van der Waals surface area contributed by atoms with E-state index in [1.807, 2.05) is 19.1 Å². The highest BCUT2D eigenvalue weighted by molar-refractivity contribution is 7.92. The van der Waals surface area contributed by atoms with Gasteiger partial charge in [0.1, 0.15) is 6.54 Å². The molecule has 2 aromatic rings. The van der Waals surface area contributed by atoms with Crippen molar-refractivity contribution in [3.63, 3.8) is 0 Å². The SMILES string of the molecule is CCOC(=O)c1ccc(NC(=O)CN(c2ccc(CC)cc2)S(C)(=O)=O)cc1. The predicted molar refractivity (Wildman–Crippen MR) is 109 cm³/mol. The third-order valence-electron chi connectivity index (χ3n) is 4.00. The minimum atomic E-state index is -3.64. The van der Waals surface area contributed by atoms with Gasteiger partial charge in [-0.3, -0.25) is 9.10 Å². The smallest absolute Gasteiger partial charge is 0.338 e. The Morgan fingerprint density at radius 3 is 2.11 bits per heavy atom. The zero-order valence-corrected chi connectivity index (χ0v) is 17.0. The van der Waals surface area contributed by atoms with Crippen molar-refractivity contribution in [3.05, 3.63) is 59.7 Å². The first kappa shape index (κ1) is 21.4. The molecule has 2 rings (SSSR count). The summed E-state index contributed by atoms with van der Waals surface area (Å²) in [5, 5.41) is 2.64. The number of ether oxygens (including phenoxy) is 1. The summed E-state index contributed by atoms with van der Waals surface area (Å²) < 4.78 is 30.3. The molecule has 0 spiro atoms. The van der Waals surface area contributed by atoms with Crippen LogP contribution in [0, 0.1) is 0 Å². The van der Waals surface area contributed by atoms with Gasteiger partial charge in [-0.2, -0.15) is 0 Å². The minimum Gasteiger partial charge on any atom is -0.462 e. The van der Waals surface area contributed by atoms with Gasteiger partial charge < -0.3 is 10.1 Å². The summed E-state index contributed by atoms with van der Waals surface area (Å²) in [4.78, 5) is 24.0. The van der Waals surface area contributed by atoms with Crippen LogP contribution < -0.4 is 9.62 Å².